The van der Waals surface area contributed by atoms with Gasteiger partial charge in [-0.1, -0.05) is 13.8 Å². The summed E-state index contributed by atoms with van der Waals surface area (Å²) in [7, 11) is -1.98. The Morgan fingerprint density at radius 3 is 2.50 bits per heavy atom. The maximum Gasteiger partial charge on any atom is 0.305 e. The van der Waals surface area contributed by atoms with Crippen LogP contribution < -0.4 is 4.72 Å². The van der Waals surface area contributed by atoms with E-state index in [0.29, 0.717) is 18.3 Å². The number of ether oxygens (including phenoxy) is 1. The van der Waals surface area contributed by atoms with Crippen LogP contribution in [0.15, 0.2) is 0 Å². The lowest BCUT2D eigenvalue weighted by atomic mass is 9.98. The summed E-state index contributed by atoms with van der Waals surface area (Å²) >= 11 is 0. The van der Waals surface area contributed by atoms with Gasteiger partial charge >= 0.3 is 5.97 Å². The fourth-order valence-corrected chi connectivity index (χ4v) is 3.77. The molecule has 0 aromatic rings. The van der Waals surface area contributed by atoms with Crippen LogP contribution in [0.25, 0.3) is 0 Å². The number of nitrogens with one attached hydrogen (secondary N) is 1. The lowest BCUT2D eigenvalue weighted by Gasteiger charge is -2.19. The minimum Gasteiger partial charge on any atom is -0.469 e. The second-order valence-electron chi connectivity index (χ2n) is 5.14. The molecule has 1 rings (SSSR count). The lowest BCUT2D eigenvalue weighted by Crippen LogP contribution is -2.38. The fourth-order valence-electron chi connectivity index (χ4n) is 2.33. The second kappa shape index (κ2) is 6.52. The molecule has 1 N–H and O–H groups in total. The Kier molecular flexibility index (Phi) is 5.59. The van der Waals surface area contributed by atoms with E-state index < -0.39 is 10.0 Å². The standard InChI is InChI=1S/C12H23NO4S/c1-9-6-7-11(10(9)2)13-18(15,16)8-4-5-12(14)17-3/h9-11,13H,4-8H2,1-3H3. The van der Waals surface area contributed by atoms with Crippen LogP contribution in [-0.2, 0) is 19.6 Å². The molecule has 1 saturated carbocycles. The van der Waals surface area contributed by atoms with Gasteiger partial charge in [0.05, 0.1) is 12.9 Å². The summed E-state index contributed by atoms with van der Waals surface area (Å²) in [6.45, 7) is 4.23. The van der Waals surface area contributed by atoms with E-state index in [1.807, 2.05) is 0 Å². The molecule has 3 unspecified atom stereocenters. The molecule has 0 spiro atoms. The van der Waals surface area contributed by atoms with Gasteiger partial charge in [0.15, 0.2) is 0 Å². The molecule has 0 amide bonds. The molecule has 1 fully saturated rings. The van der Waals surface area contributed by atoms with E-state index in [1.54, 1.807) is 0 Å². The van der Waals surface area contributed by atoms with Crippen molar-refractivity contribution in [2.24, 2.45) is 11.8 Å². The lowest BCUT2D eigenvalue weighted by molar-refractivity contribution is -0.140. The summed E-state index contributed by atoms with van der Waals surface area (Å²) in [5, 5.41) is 0. The van der Waals surface area contributed by atoms with E-state index in [0.717, 1.165) is 12.8 Å². The third-order valence-corrected chi connectivity index (χ3v) is 5.31. The number of hydrogen-bond donors (Lipinski definition) is 1. The first-order valence-corrected chi connectivity index (χ1v) is 8.07. The molecule has 0 heterocycles. The van der Waals surface area contributed by atoms with E-state index in [-0.39, 0.29) is 24.2 Å². The van der Waals surface area contributed by atoms with Gasteiger partial charge in [0.25, 0.3) is 0 Å². The van der Waals surface area contributed by atoms with Gasteiger partial charge in [-0.05, 0) is 31.1 Å². The number of esters is 1. The van der Waals surface area contributed by atoms with Gasteiger partial charge in [0.1, 0.15) is 0 Å². The van der Waals surface area contributed by atoms with E-state index >= 15 is 0 Å². The van der Waals surface area contributed by atoms with Crippen LogP contribution in [0, 0.1) is 11.8 Å². The Labute approximate surface area is 109 Å². The average Bonchev–Trinajstić information content (AvgIpc) is 2.60. The SMILES string of the molecule is COC(=O)CCCS(=O)(=O)NC1CCC(C)C1C. The molecule has 1 aliphatic carbocycles. The van der Waals surface area contributed by atoms with Gasteiger partial charge in [-0.25, -0.2) is 13.1 Å². The normalized spacial score (nSPS) is 28.3. The molecule has 5 nitrogen and oxygen atoms in total. The van der Waals surface area contributed by atoms with E-state index in [2.05, 4.69) is 23.3 Å². The summed E-state index contributed by atoms with van der Waals surface area (Å²) in [6.07, 6.45) is 2.42. The fraction of sp³-hybridized carbons (Fsp3) is 0.917. The quantitative estimate of drug-likeness (QED) is 0.743. The third-order valence-electron chi connectivity index (χ3n) is 3.82. The van der Waals surface area contributed by atoms with Crippen molar-refractivity contribution in [1.82, 2.24) is 4.72 Å². The highest BCUT2D eigenvalue weighted by atomic mass is 32.2. The van der Waals surface area contributed by atoms with Crippen molar-refractivity contribution < 1.29 is 17.9 Å². The van der Waals surface area contributed by atoms with Crippen molar-refractivity contribution in [3.05, 3.63) is 0 Å². The van der Waals surface area contributed by atoms with Gasteiger partial charge < -0.3 is 4.74 Å². The Bertz CT molecular complexity index is 380. The van der Waals surface area contributed by atoms with Crippen LogP contribution in [0.3, 0.4) is 0 Å². The molecular formula is C12H23NO4S. The van der Waals surface area contributed by atoms with Gasteiger partial charge in [-0.2, -0.15) is 0 Å². The van der Waals surface area contributed by atoms with Crippen LogP contribution >= 0.6 is 0 Å². The predicted molar refractivity (Wildman–Crippen MR) is 69.5 cm³/mol. The number of carbonyl (C=O) groups excluding carboxylic acids is 1. The molecule has 106 valence electrons. The van der Waals surface area contributed by atoms with Crippen molar-refractivity contribution >= 4 is 16.0 Å². The van der Waals surface area contributed by atoms with Crippen molar-refractivity contribution in [2.75, 3.05) is 12.9 Å². The molecule has 18 heavy (non-hydrogen) atoms. The van der Waals surface area contributed by atoms with Gasteiger partial charge in [0.2, 0.25) is 10.0 Å². The Morgan fingerprint density at radius 2 is 2.00 bits per heavy atom. The predicted octanol–water partition coefficient (Wildman–Crippen LogP) is 1.29. The zero-order chi connectivity index (χ0) is 13.8. The number of methoxy groups -OCH3 is 1. The molecule has 1 aliphatic rings. The smallest absolute Gasteiger partial charge is 0.305 e. The molecule has 0 aromatic carbocycles. The molecule has 0 bridgehead atoms. The van der Waals surface area contributed by atoms with Crippen LogP contribution in [0.2, 0.25) is 0 Å². The number of carbonyl (C=O) groups is 1. The first kappa shape index (κ1) is 15.4. The first-order chi connectivity index (χ1) is 8.35. The zero-order valence-electron chi connectivity index (χ0n) is 11.3. The summed E-state index contributed by atoms with van der Waals surface area (Å²) in [4.78, 5) is 10.9. The van der Waals surface area contributed by atoms with E-state index in [4.69, 9.17) is 0 Å². The summed E-state index contributed by atoms with van der Waals surface area (Å²) in [6, 6.07) is 0.0446. The van der Waals surface area contributed by atoms with Crippen LogP contribution in [0.5, 0.6) is 0 Å². The van der Waals surface area contributed by atoms with Crippen molar-refractivity contribution in [3.8, 4) is 0 Å². The molecule has 6 heteroatoms. The zero-order valence-corrected chi connectivity index (χ0v) is 12.1. The molecule has 0 aliphatic heterocycles. The Balaban J connectivity index is 2.38. The van der Waals surface area contributed by atoms with Crippen molar-refractivity contribution in [2.45, 2.75) is 45.6 Å². The highest BCUT2D eigenvalue weighted by Crippen LogP contribution is 2.31. The van der Waals surface area contributed by atoms with Crippen LogP contribution in [-0.4, -0.2) is 33.3 Å². The van der Waals surface area contributed by atoms with Gasteiger partial charge in [-0.15, -0.1) is 0 Å². The Morgan fingerprint density at radius 1 is 1.33 bits per heavy atom. The maximum atomic E-state index is 11.8. The molecular weight excluding hydrogens is 254 g/mol. The van der Waals surface area contributed by atoms with Gasteiger partial charge in [0, 0.05) is 12.5 Å². The first-order valence-electron chi connectivity index (χ1n) is 6.42. The van der Waals surface area contributed by atoms with Crippen molar-refractivity contribution in [3.63, 3.8) is 0 Å². The van der Waals surface area contributed by atoms with E-state index in [9.17, 15) is 13.2 Å². The maximum absolute atomic E-state index is 11.8. The van der Waals surface area contributed by atoms with Crippen LogP contribution in [0.1, 0.15) is 39.5 Å². The second-order valence-corrected chi connectivity index (χ2v) is 7.01. The van der Waals surface area contributed by atoms with Crippen molar-refractivity contribution in [1.29, 1.82) is 0 Å². The summed E-state index contributed by atoms with van der Waals surface area (Å²) in [5.41, 5.74) is 0. The highest BCUT2D eigenvalue weighted by Gasteiger charge is 2.32. The average molecular weight is 277 g/mol. The molecule has 0 radical (unpaired) electrons. The third kappa shape index (κ3) is 4.57. The molecule has 0 aromatic heterocycles. The summed E-state index contributed by atoms with van der Waals surface area (Å²) in [5.74, 6) is 0.556. The monoisotopic (exact) mass is 277 g/mol. The topological polar surface area (TPSA) is 72.5 Å². The minimum atomic E-state index is -3.28. The minimum absolute atomic E-state index is 0.0142. The van der Waals surface area contributed by atoms with Crippen LogP contribution in [0.4, 0.5) is 0 Å². The number of hydrogen-bond acceptors (Lipinski definition) is 4. The number of rotatable bonds is 6. The molecule has 3 atom stereocenters. The molecule has 0 saturated heterocycles. The van der Waals surface area contributed by atoms with Gasteiger partial charge in [-0.3, -0.25) is 4.79 Å². The largest absolute Gasteiger partial charge is 0.469 e. The Hall–Kier alpha value is -0.620. The number of sulfonamides is 1. The summed E-state index contributed by atoms with van der Waals surface area (Å²) < 4.78 is 30.9. The van der Waals surface area contributed by atoms with E-state index in [1.165, 1.54) is 7.11 Å². The highest BCUT2D eigenvalue weighted by molar-refractivity contribution is 7.89.